The SMILES string of the molecule is CCOc1cccc2sc(=NC(C)=O)n(CC)c12. The molecule has 0 saturated carbocycles. The predicted octanol–water partition coefficient (Wildman–Crippen LogP) is 2.57. The number of benzene rings is 1. The summed E-state index contributed by atoms with van der Waals surface area (Å²) in [6.45, 7) is 6.85. The van der Waals surface area contributed by atoms with Gasteiger partial charge in [0.25, 0.3) is 0 Å². The van der Waals surface area contributed by atoms with E-state index in [2.05, 4.69) is 4.99 Å². The van der Waals surface area contributed by atoms with E-state index in [4.69, 9.17) is 4.74 Å². The Morgan fingerprint density at radius 2 is 2.22 bits per heavy atom. The maximum Gasteiger partial charge on any atom is 0.245 e. The molecule has 0 aliphatic carbocycles. The van der Waals surface area contributed by atoms with Crippen LogP contribution in [0.15, 0.2) is 23.2 Å². The highest BCUT2D eigenvalue weighted by molar-refractivity contribution is 7.16. The molecule has 0 bridgehead atoms. The molecule has 5 heteroatoms. The van der Waals surface area contributed by atoms with Crippen LogP contribution in [0.25, 0.3) is 10.2 Å². The van der Waals surface area contributed by atoms with Crippen molar-refractivity contribution in [2.24, 2.45) is 4.99 Å². The highest BCUT2D eigenvalue weighted by Crippen LogP contribution is 2.27. The van der Waals surface area contributed by atoms with Gasteiger partial charge in [0.15, 0.2) is 4.80 Å². The van der Waals surface area contributed by atoms with Crippen molar-refractivity contribution >= 4 is 27.5 Å². The molecule has 0 atom stereocenters. The number of rotatable bonds is 3. The lowest BCUT2D eigenvalue weighted by molar-refractivity contribution is -0.116. The zero-order chi connectivity index (χ0) is 13.1. The van der Waals surface area contributed by atoms with Crippen molar-refractivity contribution < 1.29 is 9.53 Å². The Bertz CT molecular complexity index is 640. The average Bonchev–Trinajstić information content (AvgIpc) is 2.66. The van der Waals surface area contributed by atoms with Crippen molar-refractivity contribution in [1.29, 1.82) is 0 Å². The van der Waals surface area contributed by atoms with Crippen LogP contribution in [-0.4, -0.2) is 17.1 Å². The number of amides is 1. The lowest BCUT2D eigenvalue weighted by Gasteiger charge is -2.07. The van der Waals surface area contributed by atoms with E-state index in [0.29, 0.717) is 6.61 Å². The molecule has 4 nitrogen and oxygen atoms in total. The van der Waals surface area contributed by atoms with Crippen molar-refractivity contribution in [3.63, 3.8) is 0 Å². The van der Waals surface area contributed by atoms with Gasteiger partial charge in [-0.3, -0.25) is 4.79 Å². The molecule has 96 valence electrons. The second-order valence-corrected chi connectivity index (χ2v) is 4.80. The molecule has 1 aromatic heterocycles. The maximum absolute atomic E-state index is 11.2. The first kappa shape index (κ1) is 12.8. The molecule has 0 unspecified atom stereocenters. The molecule has 1 heterocycles. The largest absolute Gasteiger partial charge is 0.492 e. The molecule has 18 heavy (non-hydrogen) atoms. The number of fused-ring (bicyclic) bond motifs is 1. The number of hydrogen-bond donors (Lipinski definition) is 0. The van der Waals surface area contributed by atoms with Gasteiger partial charge in [-0.05, 0) is 26.0 Å². The van der Waals surface area contributed by atoms with Crippen LogP contribution in [0.4, 0.5) is 0 Å². The first-order valence-corrected chi connectivity index (χ1v) is 6.79. The Morgan fingerprint density at radius 3 is 2.83 bits per heavy atom. The van der Waals surface area contributed by atoms with E-state index in [1.165, 1.54) is 18.3 Å². The van der Waals surface area contributed by atoms with Crippen LogP contribution < -0.4 is 9.54 Å². The Hall–Kier alpha value is -1.62. The first-order valence-electron chi connectivity index (χ1n) is 5.97. The molecular formula is C13H16N2O2S. The summed E-state index contributed by atoms with van der Waals surface area (Å²) in [5.41, 5.74) is 1.02. The number of thiazole rings is 1. The monoisotopic (exact) mass is 264 g/mol. The van der Waals surface area contributed by atoms with Gasteiger partial charge in [0, 0.05) is 13.5 Å². The standard InChI is InChI=1S/C13H16N2O2S/c1-4-15-12-10(17-5-2)7-6-8-11(12)18-13(15)14-9(3)16/h6-8H,4-5H2,1-3H3. The number of carbonyl (C=O) groups is 1. The fourth-order valence-electron chi connectivity index (χ4n) is 1.88. The third-order valence-corrected chi connectivity index (χ3v) is 3.58. The Morgan fingerprint density at radius 1 is 1.44 bits per heavy atom. The third-order valence-electron chi connectivity index (χ3n) is 2.53. The molecule has 1 amide bonds. The van der Waals surface area contributed by atoms with Crippen LogP contribution in [0.3, 0.4) is 0 Å². The van der Waals surface area contributed by atoms with Gasteiger partial charge < -0.3 is 9.30 Å². The summed E-state index contributed by atoms with van der Waals surface area (Å²) in [7, 11) is 0. The van der Waals surface area contributed by atoms with E-state index < -0.39 is 0 Å². The summed E-state index contributed by atoms with van der Waals surface area (Å²) < 4.78 is 8.75. The van der Waals surface area contributed by atoms with Gasteiger partial charge in [-0.15, -0.1) is 0 Å². The van der Waals surface area contributed by atoms with Gasteiger partial charge in [-0.25, -0.2) is 0 Å². The molecule has 0 radical (unpaired) electrons. The molecule has 0 N–H and O–H groups in total. The van der Waals surface area contributed by atoms with Crippen molar-refractivity contribution in [2.75, 3.05) is 6.61 Å². The molecule has 2 rings (SSSR count). The van der Waals surface area contributed by atoms with E-state index in [9.17, 15) is 4.79 Å². The van der Waals surface area contributed by atoms with Crippen molar-refractivity contribution in [3.05, 3.63) is 23.0 Å². The van der Waals surface area contributed by atoms with Crippen LogP contribution in [-0.2, 0) is 11.3 Å². The normalized spacial score (nSPS) is 12.1. The van der Waals surface area contributed by atoms with E-state index in [-0.39, 0.29) is 5.91 Å². The zero-order valence-electron chi connectivity index (χ0n) is 10.8. The van der Waals surface area contributed by atoms with Gasteiger partial charge in [-0.1, -0.05) is 17.4 Å². The second-order valence-electron chi connectivity index (χ2n) is 3.80. The van der Waals surface area contributed by atoms with Crippen LogP contribution in [0.5, 0.6) is 5.75 Å². The topological polar surface area (TPSA) is 43.6 Å². The van der Waals surface area contributed by atoms with Crippen LogP contribution in [0.2, 0.25) is 0 Å². The second kappa shape index (κ2) is 5.35. The molecule has 0 saturated heterocycles. The van der Waals surface area contributed by atoms with Crippen LogP contribution >= 0.6 is 11.3 Å². The summed E-state index contributed by atoms with van der Waals surface area (Å²) >= 11 is 1.51. The van der Waals surface area contributed by atoms with E-state index in [1.54, 1.807) is 0 Å². The lowest BCUT2D eigenvalue weighted by atomic mass is 10.3. The van der Waals surface area contributed by atoms with Gasteiger partial charge in [0.05, 0.1) is 11.3 Å². The number of nitrogens with zero attached hydrogens (tertiary/aromatic N) is 2. The fourth-order valence-corrected chi connectivity index (χ4v) is 3.04. The zero-order valence-corrected chi connectivity index (χ0v) is 11.6. The van der Waals surface area contributed by atoms with Crippen molar-refractivity contribution in [3.8, 4) is 5.75 Å². The number of ether oxygens (including phenoxy) is 1. The fraction of sp³-hybridized carbons (Fsp3) is 0.385. The summed E-state index contributed by atoms with van der Waals surface area (Å²) in [6.07, 6.45) is 0. The summed E-state index contributed by atoms with van der Waals surface area (Å²) in [5, 5.41) is 0. The number of para-hydroxylation sites is 1. The quantitative estimate of drug-likeness (QED) is 0.855. The van der Waals surface area contributed by atoms with E-state index >= 15 is 0 Å². The number of carbonyl (C=O) groups excluding carboxylic acids is 1. The smallest absolute Gasteiger partial charge is 0.245 e. The van der Waals surface area contributed by atoms with Gasteiger partial charge in [0.1, 0.15) is 11.3 Å². The van der Waals surface area contributed by atoms with Gasteiger partial charge in [-0.2, -0.15) is 4.99 Å². The minimum atomic E-state index is -0.179. The molecule has 0 fully saturated rings. The van der Waals surface area contributed by atoms with E-state index in [1.807, 2.05) is 36.6 Å². The molecular weight excluding hydrogens is 248 g/mol. The third kappa shape index (κ3) is 2.31. The minimum Gasteiger partial charge on any atom is -0.492 e. The first-order chi connectivity index (χ1) is 8.67. The molecule has 2 aromatic rings. The van der Waals surface area contributed by atoms with E-state index in [0.717, 1.165) is 27.3 Å². The van der Waals surface area contributed by atoms with Crippen molar-refractivity contribution in [1.82, 2.24) is 4.57 Å². The predicted molar refractivity (Wildman–Crippen MR) is 72.9 cm³/mol. The number of aryl methyl sites for hydroxylation is 1. The molecule has 0 spiro atoms. The minimum absolute atomic E-state index is 0.179. The van der Waals surface area contributed by atoms with Crippen LogP contribution in [0, 0.1) is 0 Å². The van der Waals surface area contributed by atoms with Crippen LogP contribution in [0.1, 0.15) is 20.8 Å². The Kier molecular flexibility index (Phi) is 3.81. The number of aromatic nitrogens is 1. The highest BCUT2D eigenvalue weighted by Gasteiger charge is 2.10. The van der Waals surface area contributed by atoms with Gasteiger partial charge >= 0.3 is 0 Å². The molecule has 0 aliphatic heterocycles. The lowest BCUT2D eigenvalue weighted by Crippen LogP contribution is -2.15. The molecule has 0 aliphatic rings. The molecule has 1 aromatic carbocycles. The average molecular weight is 264 g/mol. The number of hydrogen-bond acceptors (Lipinski definition) is 3. The van der Waals surface area contributed by atoms with Crippen molar-refractivity contribution in [2.45, 2.75) is 27.3 Å². The van der Waals surface area contributed by atoms with Gasteiger partial charge in [0.2, 0.25) is 5.91 Å². The maximum atomic E-state index is 11.2. The Balaban J connectivity index is 2.78. The summed E-state index contributed by atoms with van der Waals surface area (Å²) in [4.78, 5) is 15.9. The summed E-state index contributed by atoms with van der Waals surface area (Å²) in [5.74, 6) is 0.666. The summed E-state index contributed by atoms with van der Waals surface area (Å²) in [6, 6.07) is 5.93. The highest BCUT2D eigenvalue weighted by atomic mass is 32.1. The Labute approximate surface area is 110 Å².